The first-order valence-corrected chi connectivity index (χ1v) is 9.50. The first kappa shape index (κ1) is 21.4. The number of benzene rings is 1. The second-order valence-electron chi connectivity index (χ2n) is 6.31. The molecule has 3 N–H and O–H groups in total. The molecule has 3 rings (SSSR count). The standard InChI is InChI=1S/C20H17Cl2N5O3/c1-11-9-13(21)10-14(19(29)26-25-12(2)28)17(11)24-20(30)16-6-4-8-27(16)18-15(22)5-3-7-23-18/h3-10H,1-2H3,(H,24,30)(H,25,28)(H,26,29). The number of anilines is 1. The van der Waals surface area contributed by atoms with Gasteiger partial charge < -0.3 is 5.32 Å². The molecule has 0 atom stereocenters. The number of hydrogen-bond donors (Lipinski definition) is 3. The topological polar surface area (TPSA) is 105 Å². The van der Waals surface area contributed by atoms with Crippen molar-refractivity contribution in [3.8, 4) is 5.82 Å². The molecular formula is C20H17Cl2N5O3. The normalized spacial score (nSPS) is 10.4. The Kier molecular flexibility index (Phi) is 6.39. The highest BCUT2D eigenvalue weighted by atomic mass is 35.5. The van der Waals surface area contributed by atoms with Crippen LogP contribution >= 0.6 is 23.2 Å². The second-order valence-corrected chi connectivity index (χ2v) is 7.15. The Morgan fingerprint density at radius 2 is 1.80 bits per heavy atom. The van der Waals surface area contributed by atoms with Gasteiger partial charge >= 0.3 is 0 Å². The van der Waals surface area contributed by atoms with Crippen molar-refractivity contribution in [1.82, 2.24) is 20.4 Å². The average molecular weight is 446 g/mol. The minimum atomic E-state index is -0.630. The van der Waals surface area contributed by atoms with E-state index in [2.05, 4.69) is 21.2 Å². The number of rotatable bonds is 4. The largest absolute Gasteiger partial charge is 0.320 e. The van der Waals surface area contributed by atoms with Gasteiger partial charge in [0, 0.05) is 24.3 Å². The zero-order valence-electron chi connectivity index (χ0n) is 16.0. The maximum absolute atomic E-state index is 13.0. The average Bonchev–Trinajstić information content (AvgIpc) is 3.18. The summed E-state index contributed by atoms with van der Waals surface area (Å²) in [4.78, 5) is 40.8. The van der Waals surface area contributed by atoms with Crippen molar-refractivity contribution in [3.63, 3.8) is 0 Å². The molecule has 0 radical (unpaired) electrons. The number of hydrogen-bond acceptors (Lipinski definition) is 4. The summed E-state index contributed by atoms with van der Waals surface area (Å²) in [5.41, 5.74) is 5.65. The molecular weight excluding hydrogens is 429 g/mol. The molecule has 0 saturated heterocycles. The van der Waals surface area contributed by atoms with E-state index in [4.69, 9.17) is 23.2 Å². The van der Waals surface area contributed by atoms with Crippen LogP contribution in [0.25, 0.3) is 5.82 Å². The van der Waals surface area contributed by atoms with Gasteiger partial charge in [-0.3, -0.25) is 29.8 Å². The summed E-state index contributed by atoms with van der Waals surface area (Å²) in [7, 11) is 0. The maximum Gasteiger partial charge on any atom is 0.272 e. The minimum absolute atomic E-state index is 0.0936. The number of pyridine rings is 1. The number of carbonyl (C=O) groups excluding carboxylic acids is 3. The fraction of sp³-hybridized carbons (Fsp3) is 0.100. The van der Waals surface area contributed by atoms with E-state index in [1.54, 1.807) is 54.2 Å². The number of amides is 3. The zero-order chi connectivity index (χ0) is 21.8. The van der Waals surface area contributed by atoms with Gasteiger partial charge in [0.15, 0.2) is 5.82 Å². The van der Waals surface area contributed by atoms with Crippen LogP contribution in [-0.2, 0) is 4.79 Å². The van der Waals surface area contributed by atoms with E-state index in [9.17, 15) is 14.4 Å². The Hall–Kier alpha value is -3.36. The number of aromatic nitrogens is 2. The lowest BCUT2D eigenvalue weighted by atomic mass is 10.1. The van der Waals surface area contributed by atoms with E-state index in [1.165, 1.54) is 13.0 Å². The molecule has 0 saturated carbocycles. The fourth-order valence-corrected chi connectivity index (χ4v) is 3.27. The number of nitrogens with zero attached hydrogens (tertiary/aromatic N) is 2. The number of aryl methyl sites for hydroxylation is 1. The van der Waals surface area contributed by atoms with Crippen LogP contribution in [0.4, 0.5) is 5.69 Å². The third kappa shape index (κ3) is 4.61. The van der Waals surface area contributed by atoms with Crippen molar-refractivity contribution in [1.29, 1.82) is 0 Å². The third-order valence-electron chi connectivity index (χ3n) is 4.08. The summed E-state index contributed by atoms with van der Waals surface area (Å²) < 4.78 is 1.54. The summed E-state index contributed by atoms with van der Waals surface area (Å²) in [6, 6.07) is 9.64. The molecule has 154 valence electrons. The number of nitrogens with one attached hydrogen (secondary N) is 3. The lowest BCUT2D eigenvalue weighted by Gasteiger charge is -2.16. The first-order valence-electron chi connectivity index (χ1n) is 8.74. The van der Waals surface area contributed by atoms with E-state index >= 15 is 0 Å². The maximum atomic E-state index is 13.0. The Morgan fingerprint density at radius 1 is 1.03 bits per heavy atom. The lowest BCUT2D eigenvalue weighted by Crippen LogP contribution is -2.40. The number of halogens is 2. The van der Waals surface area contributed by atoms with Crippen LogP contribution < -0.4 is 16.2 Å². The van der Waals surface area contributed by atoms with Crippen molar-refractivity contribution in [2.24, 2.45) is 0 Å². The van der Waals surface area contributed by atoms with Crippen LogP contribution in [0.15, 0.2) is 48.8 Å². The van der Waals surface area contributed by atoms with Crippen molar-refractivity contribution in [2.45, 2.75) is 13.8 Å². The molecule has 30 heavy (non-hydrogen) atoms. The Balaban J connectivity index is 1.95. The highest BCUT2D eigenvalue weighted by Crippen LogP contribution is 2.27. The van der Waals surface area contributed by atoms with Crippen molar-refractivity contribution < 1.29 is 14.4 Å². The minimum Gasteiger partial charge on any atom is -0.320 e. The molecule has 2 heterocycles. The molecule has 10 heteroatoms. The predicted octanol–water partition coefficient (Wildman–Crippen LogP) is 3.52. The van der Waals surface area contributed by atoms with Gasteiger partial charge in [-0.15, -0.1) is 0 Å². The summed E-state index contributed by atoms with van der Waals surface area (Å²) >= 11 is 12.3. The van der Waals surface area contributed by atoms with Gasteiger partial charge in [0.25, 0.3) is 11.8 Å². The van der Waals surface area contributed by atoms with Crippen LogP contribution in [0.1, 0.15) is 33.3 Å². The molecule has 0 aliphatic rings. The van der Waals surface area contributed by atoms with Gasteiger partial charge in [-0.25, -0.2) is 4.98 Å². The molecule has 3 amide bonds. The molecule has 2 aromatic heterocycles. The molecule has 0 spiro atoms. The lowest BCUT2D eigenvalue weighted by molar-refractivity contribution is -0.119. The third-order valence-corrected chi connectivity index (χ3v) is 4.60. The van der Waals surface area contributed by atoms with Gasteiger partial charge in [-0.05, 0) is 48.9 Å². The summed E-state index contributed by atoms with van der Waals surface area (Å²) in [6.45, 7) is 2.95. The van der Waals surface area contributed by atoms with E-state index < -0.39 is 17.7 Å². The van der Waals surface area contributed by atoms with Crippen molar-refractivity contribution >= 4 is 46.6 Å². The van der Waals surface area contributed by atoms with Crippen molar-refractivity contribution in [2.75, 3.05) is 5.32 Å². The van der Waals surface area contributed by atoms with Crippen LogP contribution in [0.5, 0.6) is 0 Å². The van der Waals surface area contributed by atoms with Gasteiger partial charge in [-0.1, -0.05) is 23.2 Å². The molecule has 0 aliphatic carbocycles. The van der Waals surface area contributed by atoms with Gasteiger partial charge in [0.05, 0.1) is 16.3 Å². The summed E-state index contributed by atoms with van der Waals surface area (Å²) in [5, 5.41) is 3.43. The molecule has 0 bridgehead atoms. The van der Waals surface area contributed by atoms with Crippen LogP contribution in [0, 0.1) is 6.92 Å². The quantitative estimate of drug-likeness (QED) is 0.534. The number of hydrazine groups is 1. The Morgan fingerprint density at radius 3 is 2.50 bits per heavy atom. The highest BCUT2D eigenvalue weighted by Gasteiger charge is 2.20. The monoisotopic (exact) mass is 445 g/mol. The van der Waals surface area contributed by atoms with Crippen LogP contribution in [-0.4, -0.2) is 27.3 Å². The molecule has 1 aromatic carbocycles. The Labute approximate surface area is 182 Å². The first-order chi connectivity index (χ1) is 14.3. The van der Waals surface area contributed by atoms with Crippen LogP contribution in [0.2, 0.25) is 10.0 Å². The van der Waals surface area contributed by atoms with Gasteiger partial charge in [-0.2, -0.15) is 0 Å². The number of carbonyl (C=O) groups is 3. The zero-order valence-corrected chi connectivity index (χ0v) is 17.5. The second kappa shape index (κ2) is 8.98. The van der Waals surface area contributed by atoms with Crippen LogP contribution in [0.3, 0.4) is 0 Å². The molecule has 0 unspecified atom stereocenters. The van der Waals surface area contributed by atoms with E-state index in [-0.39, 0.29) is 16.9 Å². The van der Waals surface area contributed by atoms with Crippen molar-refractivity contribution in [3.05, 3.63) is 75.7 Å². The molecule has 3 aromatic rings. The van der Waals surface area contributed by atoms with E-state index in [0.29, 0.717) is 21.4 Å². The predicted molar refractivity (Wildman–Crippen MR) is 114 cm³/mol. The Bertz CT molecular complexity index is 1140. The van der Waals surface area contributed by atoms with Gasteiger partial charge in [0.1, 0.15) is 5.69 Å². The SMILES string of the molecule is CC(=O)NNC(=O)c1cc(Cl)cc(C)c1NC(=O)c1cccn1-c1ncccc1Cl. The molecule has 0 aliphatic heterocycles. The summed E-state index contributed by atoms with van der Waals surface area (Å²) in [5.74, 6) is -1.17. The molecule has 8 nitrogen and oxygen atoms in total. The smallest absolute Gasteiger partial charge is 0.272 e. The fourth-order valence-electron chi connectivity index (χ4n) is 2.78. The van der Waals surface area contributed by atoms with E-state index in [1.807, 2.05) is 0 Å². The highest BCUT2D eigenvalue weighted by molar-refractivity contribution is 6.32. The summed E-state index contributed by atoms with van der Waals surface area (Å²) in [6.07, 6.45) is 3.22. The van der Waals surface area contributed by atoms with E-state index in [0.717, 1.165) is 0 Å². The van der Waals surface area contributed by atoms with Gasteiger partial charge in [0.2, 0.25) is 5.91 Å². The molecule has 0 fully saturated rings.